The lowest BCUT2D eigenvalue weighted by atomic mass is 10.1. The summed E-state index contributed by atoms with van der Waals surface area (Å²) in [5.74, 6) is -1.78. The zero-order valence-corrected chi connectivity index (χ0v) is 11.9. The normalized spacial score (nSPS) is 11.3. The predicted octanol–water partition coefficient (Wildman–Crippen LogP) is 3.91. The van der Waals surface area contributed by atoms with Crippen molar-refractivity contribution in [3.05, 3.63) is 70.5 Å². The molecule has 0 radical (unpaired) electrons. The molecule has 0 saturated heterocycles. The molecule has 0 aliphatic carbocycles. The Morgan fingerprint density at radius 3 is 2.27 bits per heavy atom. The van der Waals surface area contributed by atoms with Crippen LogP contribution in [0.3, 0.4) is 0 Å². The number of rotatable bonds is 3. The van der Waals surface area contributed by atoms with Crippen molar-refractivity contribution in [2.45, 2.75) is 0 Å². The van der Waals surface area contributed by atoms with Gasteiger partial charge in [0.2, 0.25) is 0 Å². The van der Waals surface area contributed by atoms with Crippen LogP contribution in [0.5, 0.6) is 0 Å². The summed E-state index contributed by atoms with van der Waals surface area (Å²) in [7, 11) is 0. The zero-order valence-electron chi connectivity index (χ0n) is 11.2. The number of anilines is 1. The monoisotopic (exact) mass is 316 g/mol. The second kappa shape index (κ2) is 6.74. The van der Waals surface area contributed by atoms with E-state index in [1.807, 2.05) is 0 Å². The van der Waals surface area contributed by atoms with Crippen molar-refractivity contribution in [2.24, 2.45) is 0 Å². The molecule has 110 valence electrons. The lowest BCUT2D eigenvalue weighted by molar-refractivity contribution is -0.112. The molecule has 2 aromatic rings. The van der Waals surface area contributed by atoms with Gasteiger partial charge in [0.05, 0.1) is 0 Å². The average Bonchev–Trinajstić information content (AvgIpc) is 2.51. The number of hydrogen-bond acceptors (Lipinski definition) is 3. The maximum Gasteiger partial charge on any atom is 0.270 e. The maximum atomic E-state index is 12.9. The summed E-state index contributed by atoms with van der Waals surface area (Å²) in [5.41, 5.74) is 0.125. The Kier molecular flexibility index (Phi) is 4.77. The third-order valence-electron chi connectivity index (χ3n) is 2.80. The smallest absolute Gasteiger partial charge is 0.270 e. The number of carbonyl (C=O) groups is 1. The van der Waals surface area contributed by atoms with Crippen LogP contribution in [0.25, 0.3) is 5.76 Å². The van der Waals surface area contributed by atoms with Crippen molar-refractivity contribution in [3.8, 4) is 6.07 Å². The highest BCUT2D eigenvalue weighted by Crippen LogP contribution is 2.19. The zero-order chi connectivity index (χ0) is 16.1. The van der Waals surface area contributed by atoms with Crippen LogP contribution in [0.15, 0.2) is 54.1 Å². The van der Waals surface area contributed by atoms with E-state index in [-0.39, 0.29) is 5.56 Å². The summed E-state index contributed by atoms with van der Waals surface area (Å²) in [6, 6.07) is 12.7. The van der Waals surface area contributed by atoms with Crippen molar-refractivity contribution in [1.29, 1.82) is 5.26 Å². The van der Waals surface area contributed by atoms with E-state index in [1.54, 1.807) is 30.3 Å². The molecule has 0 heterocycles. The van der Waals surface area contributed by atoms with E-state index < -0.39 is 23.1 Å². The van der Waals surface area contributed by atoms with E-state index in [1.165, 1.54) is 12.1 Å². The Hall–Kier alpha value is -2.84. The Morgan fingerprint density at radius 2 is 1.73 bits per heavy atom. The van der Waals surface area contributed by atoms with Gasteiger partial charge < -0.3 is 10.4 Å². The number of aliphatic hydroxyl groups is 1. The number of benzene rings is 2. The van der Waals surface area contributed by atoms with Gasteiger partial charge in [0.15, 0.2) is 5.57 Å². The molecule has 0 aromatic heterocycles. The number of nitrogens with zero attached hydrogens (tertiary/aromatic N) is 1. The summed E-state index contributed by atoms with van der Waals surface area (Å²) in [6.45, 7) is 0. The topological polar surface area (TPSA) is 73.1 Å². The number of nitriles is 1. The van der Waals surface area contributed by atoms with Gasteiger partial charge >= 0.3 is 0 Å². The first-order chi connectivity index (χ1) is 10.5. The number of halogens is 2. The van der Waals surface area contributed by atoms with E-state index in [2.05, 4.69) is 5.32 Å². The van der Waals surface area contributed by atoms with E-state index in [0.29, 0.717) is 10.7 Å². The van der Waals surface area contributed by atoms with Crippen LogP contribution in [-0.2, 0) is 4.79 Å². The molecule has 0 spiro atoms. The highest BCUT2D eigenvalue weighted by atomic mass is 35.5. The summed E-state index contributed by atoms with van der Waals surface area (Å²) < 4.78 is 12.9. The number of hydrogen-bond donors (Lipinski definition) is 2. The fourth-order valence-corrected chi connectivity index (χ4v) is 1.82. The molecule has 1 amide bonds. The average molecular weight is 317 g/mol. The molecule has 0 aliphatic rings. The quantitative estimate of drug-likeness (QED) is 0.512. The van der Waals surface area contributed by atoms with Crippen LogP contribution in [0.2, 0.25) is 5.02 Å². The first-order valence-corrected chi connectivity index (χ1v) is 6.55. The van der Waals surface area contributed by atoms with Crippen LogP contribution in [0.4, 0.5) is 10.1 Å². The largest absolute Gasteiger partial charge is 0.506 e. The Balaban J connectivity index is 2.28. The van der Waals surface area contributed by atoms with Gasteiger partial charge in [-0.15, -0.1) is 0 Å². The molecule has 6 heteroatoms. The fraction of sp³-hybridized carbons (Fsp3) is 0. The molecule has 0 aliphatic heterocycles. The second-order valence-electron chi connectivity index (χ2n) is 4.30. The van der Waals surface area contributed by atoms with Gasteiger partial charge in [0.25, 0.3) is 5.91 Å². The van der Waals surface area contributed by atoms with Crippen molar-refractivity contribution in [1.82, 2.24) is 0 Å². The van der Waals surface area contributed by atoms with Gasteiger partial charge in [-0.25, -0.2) is 4.39 Å². The fourth-order valence-electron chi connectivity index (χ4n) is 1.69. The molecule has 4 nitrogen and oxygen atoms in total. The van der Waals surface area contributed by atoms with Crippen molar-refractivity contribution in [3.63, 3.8) is 0 Å². The van der Waals surface area contributed by atoms with Crippen LogP contribution in [-0.4, -0.2) is 11.0 Å². The van der Waals surface area contributed by atoms with Gasteiger partial charge in [-0.3, -0.25) is 4.79 Å². The molecule has 2 N–H and O–H groups in total. The Morgan fingerprint density at radius 1 is 1.14 bits per heavy atom. The maximum absolute atomic E-state index is 12.9. The van der Waals surface area contributed by atoms with E-state index in [4.69, 9.17) is 16.9 Å². The van der Waals surface area contributed by atoms with Gasteiger partial charge in [-0.05, 0) is 48.5 Å². The molecule has 0 unspecified atom stereocenters. The first-order valence-electron chi connectivity index (χ1n) is 6.17. The van der Waals surface area contributed by atoms with E-state index in [9.17, 15) is 14.3 Å². The summed E-state index contributed by atoms with van der Waals surface area (Å²) in [5, 5.41) is 22.1. The number of amides is 1. The number of aliphatic hydroxyl groups excluding tert-OH is 1. The Bertz CT molecular complexity index is 762. The summed E-state index contributed by atoms with van der Waals surface area (Å²) in [6.07, 6.45) is 0. The van der Waals surface area contributed by atoms with Crippen LogP contribution in [0.1, 0.15) is 5.56 Å². The molecule has 0 saturated carbocycles. The third-order valence-corrected chi connectivity index (χ3v) is 3.05. The second-order valence-corrected chi connectivity index (χ2v) is 4.74. The molecule has 2 rings (SSSR count). The minimum Gasteiger partial charge on any atom is -0.506 e. The van der Waals surface area contributed by atoms with Gasteiger partial charge in [0, 0.05) is 16.3 Å². The van der Waals surface area contributed by atoms with E-state index in [0.717, 1.165) is 12.1 Å². The Labute approximate surface area is 131 Å². The van der Waals surface area contributed by atoms with Crippen molar-refractivity contribution in [2.75, 3.05) is 5.32 Å². The van der Waals surface area contributed by atoms with Crippen molar-refractivity contribution >= 4 is 29.0 Å². The highest BCUT2D eigenvalue weighted by Gasteiger charge is 2.16. The third kappa shape index (κ3) is 3.62. The lowest BCUT2D eigenvalue weighted by Gasteiger charge is -2.07. The van der Waals surface area contributed by atoms with Gasteiger partial charge in [-0.2, -0.15) is 5.26 Å². The summed E-state index contributed by atoms with van der Waals surface area (Å²) in [4.78, 5) is 12.1. The first kappa shape index (κ1) is 15.5. The van der Waals surface area contributed by atoms with E-state index >= 15 is 0 Å². The number of nitrogens with one attached hydrogen (secondary N) is 1. The lowest BCUT2D eigenvalue weighted by Crippen LogP contribution is -2.15. The molecule has 0 bridgehead atoms. The molecule has 0 fully saturated rings. The SMILES string of the molecule is N#C/C(C(=O)Nc1ccc(Cl)cc1)=C(/O)c1ccc(F)cc1. The van der Waals surface area contributed by atoms with Crippen LogP contribution >= 0.6 is 11.6 Å². The van der Waals surface area contributed by atoms with Gasteiger partial charge in [-0.1, -0.05) is 11.6 Å². The number of carbonyl (C=O) groups excluding carboxylic acids is 1. The summed E-state index contributed by atoms with van der Waals surface area (Å²) >= 11 is 5.74. The van der Waals surface area contributed by atoms with Crippen LogP contribution < -0.4 is 5.32 Å². The highest BCUT2D eigenvalue weighted by molar-refractivity contribution is 6.30. The molecule has 2 aromatic carbocycles. The minimum absolute atomic E-state index is 0.171. The molecular weight excluding hydrogens is 307 g/mol. The molecule has 0 atom stereocenters. The standard InChI is InChI=1S/C16H10ClFN2O2/c17-11-3-7-13(8-4-11)20-16(22)14(9-19)15(21)10-1-5-12(18)6-2-10/h1-8,21H,(H,20,22)/b15-14-. The minimum atomic E-state index is -0.772. The van der Waals surface area contributed by atoms with Crippen molar-refractivity contribution < 1.29 is 14.3 Å². The molecular formula is C16H10ClFN2O2. The van der Waals surface area contributed by atoms with Crippen LogP contribution in [0, 0.1) is 17.1 Å². The van der Waals surface area contributed by atoms with Gasteiger partial charge in [0.1, 0.15) is 17.6 Å². The molecule has 22 heavy (non-hydrogen) atoms. The predicted molar refractivity (Wildman–Crippen MR) is 81.6 cm³/mol.